The Kier molecular flexibility index (Phi) is 7.10. The summed E-state index contributed by atoms with van der Waals surface area (Å²) in [5.41, 5.74) is 2.44. The third kappa shape index (κ3) is 5.60. The minimum atomic E-state index is 0.0281. The van der Waals surface area contributed by atoms with E-state index in [1.54, 1.807) is 0 Å². The van der Waals surface area contributed by atoms with Gasteiger partial charge in [-0.25, -0.2) is 0 Å². The van der Waals surface area contributed by atoms with Crippen LogP contribution in [0.5, 0.6) is 17.2 Å². The molecule has 5 heteroatoms. The molecule has 1 saturated heterocycles. The van der Waals surface area contributed by atoms with Crippen molar-refractivity contribution in [1.82, 2.24) is 10.2 Å². The van der Waals surface area contributed by atoms with Crippen LogP contribution < -0.4 is 14.8 Å². The Balaban J connectivity index is 1.11. The maximum Gasteiger partial charge on any atom is 0.234 e. The van der Waals surface area contributed by atoms with E-state index >= 15 is 0 Å². The van der Waals surface area contributed by atoms with Crippen LogP contribution in [0.1, 0.15) is 48.8 Å². The predicted molar refractivity (Wildman–Crippen MR) is 133 cm³/mol. The highest BCUT2D eigenvalue weighted by atomic mass is 16.5. The first-order chi connectivity index (χ1) is 16.7. The molecule has 0 bridgehead atoms. The van der Waals surface area contributed by atoms with Gasteiger partial charge in [-0.15, -0.1) is 0 Å². The molecule has 0 aliphatic carbocycles. The third-order valence-electron chi connectivity index (χ3n) is 6.81. The molecular weight excluding hydrogens is 424 g/mol. The molecule has 1 atom stereocenters. The number of ether oxygens (including phenoxy) is 2. The second-order valence-corrected chi connectivity index (χ2v) is 9.18. The molecular formula is C29H32N2O3. The number of likely N-dealkylation sites (tertiary alicyclic amines) is 1. The summed E-state index contributed by atoms with van der Waals surface area (Å²) in [5, 5.41) is 3.26. The van der Waals surface area contributed by atoms with E-state index < -0.39 is 0 Å². The summed E-state index contributed by atoms with van der Waals surface area (Å²) in [6.45, 7) is 3.03. The highest BCUT2D eigenvalue weighted by molar-refractivity contribution is 5.78. The summed E-state index contributed by atoms with van der Waals surface area (Å²) in [5.74, 6) is 3.22. The summed E-state index contributed by atoms with van der Waals surface area (Å²) in [4.78, 5) is 15.1. The number of hydrogen-bond donors (Lipinski definition) is 1. The maximum absolute atomic E-state index is 12.8. The summed E-state index contributed by atoms with van der Waals surface area (Å²) in [6, 6.07) is 26.4. The Morgan fingerprint density at radius 2 is 1.59 bits per heavy atom. The Hall–Kier alpha value is -3.31. The first-order valence-corrected chi connectivity index (χ1v) is 12.3. The van der Waals surface area contributed by atoms with Crippen molar-refractivity contribution in [3.8, 4) is 17.2 Å². The molecule has 0 saturated carbocycles. The van der Waals surface area contributed by atoms with E-state index in [4.69, 9.17) is 9.47 Å². The average molecular weight is 457 g/mol. The predicted octanol–water partition coefficient (Wildman–Crippen LogP) is 5.69. The van der Waals surface area contributed by atoms with Crippen LogP contribution in [-0.4, -0.2) is 37.0 Å². The van der Waals surface area contributed by atoms with Crippen LogP contribution in [0, 0.1) is 0 Å². The third-order valence-corrected chi connectivity index (χ3v) is 6.81. The van der Waals surface area contributed by atoms with Crippen molar-refractivity contribution in [2.45, 2.75) is 37.6 Å². The number of nitrogens with one attached hydrogen (secondary N) is 1. The fourth-order valence-corrected chi connectivity index (χ4v) is 4.97. The Morgan fingerprint density at radius 1 is 0.882 bits per heavy atom. The Bertz CT molecular complexity index is 1080. The van der Waals surface area contributed by atoms with E-state index in [0.29, 0.717) is 19.1 Å². The molecule has 3 aromatic carbocycles. The molecule has 0 radical (unpaired) electrons. The maximum atomic E-state index is 12.8. The molecule has 3 aromatic rings. The van der Waals surface area contributed by atoms with Crippen LogP contribution in [0.25, 0.3) is 0 Å². The normalized spacial score (nSPS) is 18.9. The van der Waals surface area contributed by atoms with Crippen LogP contribution in [0.3, 0.4) is 0 Å². The van der Waals surface area contributed by atoms with Gasteiger partial charge in [0.05, 0.1) is 19.2 Å². The van der Waals surface area contributed by atoms with Crippen LogP contribution in [0.4, 0.5) is 0 Å². The van der Waals surface area contributed by atoms with E-state index in [1.165, 1.54) is 5.56 Å². The van der Waals surface area contributed by atoms with Gasteiger partial charge in [-0.2, -0.15) is 0 Å². The van der Waals surface area contributed by atoms with Gasteiger partial charge in [0, 0.05) is 5.56 Å². The number of para-hydroxylation sites is 2. The second-order valence-electron chi connectivity index (χ2n) is 9.18. The molecule has 34 heavy (non-hydrogen) atoms. The molecule has 5 rings (SSSR count). The van der Waals surface area contributed by atoms with Gasteiger partial charge < -0.3 is 14.8 Å². The fraction of sp³-hybridized carbons (Fsp3) is 0.345. The second kappa shape index (κ2) is 10.7. The van der Waals surface area contributed by atoms with Crippen LogP contribution in [0.2, 0.25) is 0 Å². The minimum absolute atomic E-state index is 0.0281. The van der Waals surface area contributed by atoms with Crippen LogP contribution in [0.15, 0.2) is 78.9 Å². The van der Waals surface area contributed by atoms with Gasteiger partial charge in [-0.3, -0.25) is 9.69 Å². The number of benzene rings is 3. The van der Waals surface area contributed by atoms with Gasteiger partial charge in [0.25, 0.3) is 0 Å². The Labute approximate surface area is 201 Å². The van der Waals surface area contributed by atoms with E-state index in [0.717, 1.165) is 61.6 Å². The molecule has 1 unspecified atom stereocenters. The molecule has 0 spiro atoms. The van der Waals surface area contributed by atoms with E-state index in [9.17, 15) is 4.79 Å². The topological polar surface area (TPSA) is 50.8 Å². The van der Waals surface area contributed by atoms with Crippen LogP contribution in [-0.2, 0) is 4.79 Å². The zero-order valence-electron chi connectivity index (χ0n) is 19.5. The lowest BCUT2D eigenvalue weighted by Crippen LogP contribution is -2.42. The lowest BCUT2D eigenvalue weighted by atomic mass is 9.89. The van der Waals surface area contributed by atoms with Gasteiger partial charge >= 0.3 is 0 Å². The number of rotatable bonds is 6. The summed E-state index contributed by atoms with van der Waals surface area (Å²) >= 11 is 0. The van der Waals surface area contributed by atoms with Crippen molar-refractivity contribution < 1.29 is 14.3 Å². The van der Waals surface area contributed by atoms with E-state index in [1.807, 2.05) is 48.5 Å². The number of amides is 1. The van der Waals surface area contributed by atoms with Crippen molar-refractivity contribution in [3.63, 3.8) is 0 Å². The monoisotopic (exact) mass is 456 g/mol. The quantitative estimate of drug-likeness (QED) is 0.518. The molecule has 1 amide bonds. The molecule has 5 nitrogen and oxygen atoms in total. The largest absolute Gasteiger partial charge is 0.493 e. The molecule has 176 valence electrons. The van der Waals surface area contributed by atoms with Gasteiger partial charge in [0.1, 0.15) is 17.2 Å². The van der Waals surface area contributed by atoms with E-state index in [-0.39, 0.29) is 11.9 Å². The molecule has 1 fully saturated rings. The number of carbonyl (C=O) groups is 1. The number of carbonyl (C=O) groups excluding carboxylic acids is 1. The lowest BCUT2D eigenvalue weighted by Gasteiger charge is -2.32. The average Bonchev–Trinajstić information content (AvgIpc) is 3.08. The standard InChI is InChI=1S/C29H32N2O3/c32-29(30-27-10-6-20-33-28-11-5-4-9-26(27)28)21-31-18-16-23(17-19-31)22-12-14-25(15-13-22)34-24-7-2-1-3-8-24/h1-5,7-9,11-15,23,27H,6,10,16-21H2,(H,30,32). The first-order valence-electron chi connectivity index (χ1n) is 12.3. The van der Waals surface area contributed by atoms with Crippen LogP contribution >= 0.6 is 0 Å². The fourth-order valence-electron chi connectivity index (χ4n) is 4.97. The molecule has 2 heterocycles. The zero-order chi connectivity index (χ0) is 23.2. The number of piperidine rings is 1. The first kappa shape index (κ1) is 22.5. The molecule has 0 aromatic heterocycles. The molecule has 1 N–H and O–H groups in total. The van der Waals surface area contributed by atoms with Crippen molar-refractivity contribution in [2.75, 3.05) is 26.2 Å². The summed E-state index contributed by atoms with van der Waals surface area (Å²) in [7, 11) is 0. The number of fused-ring (bicyclic) bond motifs is 1. The minimum Gasteiger partial charge on any atom is -0.493 e. The van der Waals surface area contributed by atoms with Crippen molar-refractivity contribution in [1.29, 1.82) is 0 Å². The smallest absolute Gasteiger partial charge is 0.234 e. The summed E-state index contributed by atoms with van der Waals surface area (Å²) in [6.07, 6.45) is 3.98. The van der Waals surface area contributed by atoms with Crippen molar-refractivity contribution in [2.24, 2.45) is 0 Å². The van der Waals surface area contributed by atoms with Crippen molar-refractivity contribution >= 4 is 5.91 Å². The highest BCUT2D eigenvalue weighted by Gasteiger charge is 2.25. The lowest BCUT2D eigenvalue weighted by molar-refractivity contribution is -0.123. The molecule has 2 aliphatic heterocycles. The summed E-state index contributed by atoms with van der Waals surface area (Å²) < 4.78 is 11.7. The SMILES string of the molecule is O=C(CN1CCC(c2ccc(Oc3ccccc3)cc2)CC1)NC1CCCOc2ccccc21. The zero-order valence-corrected chi connectivity index (χ0v) is 19.5. The number of nitrogens with zero attached hydrogens (tertiary/aromatic N) is 1. The van der Waals surface area contributed by atoms with Crippen molar-refractivity contribution in [3.05, 3.63) is 90.0 Å². The highest BCUT2D eigenvalue weighted by Crippen LogP contribution is 2.32. The van der Waals surface area contributed by atoms with Gasteiger partial charge in [-0.1, -0.05) is 48.5 Å². The molecule has 2 aliphatic rings. The van der Waals surface area contributed by atoms with Gasteiger partial charge in [0.15, 0.2) is 0 Å². The van der Waals surface area contributed by atoms with E-state index in [2.05, 4.69) is 40.5 Å². The number of hydrogen-bond acceptors (Lipinski definition) is 4. The van der Waals surface area contributed by atoms with Gasteiger partial charge in [-0.05, 0) is 80.6 Å². The Morgan fingerprint density at radius 3 is 2.38 bits per heavy atom. The van der Waals surface area contributed by atoms with Gasteiger partial charge in [0.2, 0.25) is 5.91 Å².